The van der Waals surface area contributed by atoms with Crippen LogP contribution in [-0.2, 0) is 4.79 Å². The third kappa shape index (κ3) is 4.03. The number of piperazine rings is 1. The summed E-state index contributed by atoms with van der Waals surface area (Å²) in [5.41, 5.74) is 5.17. The molecule has 3 fully saturated rings. The summed E-state index contributed by atoms with van der Waals surface area (Å²) in [6.45, 7) is 5.66. The van der Waals surface area contributed by atoms with Crippen molar-refractivity contribution in [1.29, 1.82) is 5.26 Å². The van der Waals surface area contributed by atoms with Crippen LogP contribution >= 0.6 is 0 Å². The quantitative estimate of drug-likeness (QED) is 0.530. The van der Waals surface area contributed by atoms with E-state index in [9.17, 15) is 15.2 Å². The monoisotopic (exact) mass is 482 g/mol. The van der Waals surface area contributed by atoms with Gasteiger partial charge in [0.2, 0.25) is 5.91 Å². The smallest absolute Gasteiger partial charge is 0.225 e. The second-order valence-electron chi connectivity index (χ2n) is 10.1. The Bertz CT molecular complexity index is 1380. The van der Waals surface area contributed by atoms with Gasteiger partial charge in [-0.15, -0.1) is 0 Å². The molecule has 4 heterocycles. The van der Waals surface area contributed by atoms with Gasteiger partial charge < -0.3 is 19.9 Å². The van der Waals surface area contributed by atoms with Crippen LogP contribution in [0.4, 0.5) is 5.82 Å². The van der Waals surface area contributed by atoms with E-state index in [1.165, 1.54) is 0 Å². The van der Waals surface area contributed by atoms with Gasteiger partial charge in [-0.25, -0.2) is 9.97 Å². The molecular formula is C28H30N6O2. The van der Waals surface area contributed by atoms with E-state index in [2.05, 4.69) is 27.5 Å². The molecule has 1 unspecified atom stereocenters. The molecule has 2 N–H and O–H groups in total. The molecule has 1 saturated heterocycles. The number of nitriles is 1. The van der Waals surface area contributed by atoms with E-state index in [0.717, 1.165) is 65.0 Å². The first-order chi connectivity index (χ1) is 17.6. The summed E-state index contributed by atoms with van der Waals surface area (Å²) in [6, 6.07) is 8.56. The average Bonchev–Trinajstić information content (AvgIpc) is 3.84. The highest BCUT2D eigenvalue weighted by Crippen LogP contribution is 2.46. The molecular weight excluding hydrogens is 452 g/mol. The van der Waals surface area contributed by atoms with E-state index in [-0.39, 0.29) is 25.0 Å². The van der Waals surface area contributed by atoms with Crippen molar-refractivity contribution in [3.8, 4) is 17.2 Å². The van der Waals surface area contributed by atoms with Crippen LogP contribution in [0.25, 0.3) is 28.2 Å². The summed E-state index contributed by atoms with van der Waals surface area (Å²) in [4.78, 5) is 29.8. The highest BCUT2D eigenvalue weighted by molar-refractivity contribution is 5.95. The van der Waals surface area contributed by atoms with Gasteiger partial charge >= 0.3 is 0 Å². The number of hydrogen-bond donors (Lipinski definition) is 2. The number of aromatic nitrogens is 3. The van der Waals surface area contributed by atoms with Gasteiger partial charge in [0, 0.05) is 49.1 Å². The summed E-state index contributed by atoms with van der Waals surface area (Å²) >= 11 is 0. The lowest BCUT2D eigenvalue weighted by molar-refractivity contribution is -0.135. The lowest BCUT2D eigenvalue weighted by Crippen LogP contribution is -2.56. The number of hydrogen-bond acceptors (Lipinski definition) is 6. The number of H-pyrrole nitrogens is 1. The number of rotatable bonds is 7. The fourth-order valence-corrected chi connectivity index (χ4v) is 5.55. The normalized spacial score (nSPS) is 19.9. The molecule has 2 aliphatic carbocycles. The van der Waals surface area contributed by atoms with Crippen molar-refractivity contribution in [3.63, 3.8) is 0 Å². The van der Waals surface area contributed by atoms with Gasteiger partial charge in [0.25, 0.3) is 0 Å². The predicted octanol–water partition coefficient (Wildman–Crippen LogP) is 3.83. The summed E-state index contributed by atoms with van der Waals surface area (Å²) in [5, 5.41) is 20.5. The molecule has 0 radical (unpaired) electrons. The minimum absolute atomic E-state index is 0.0164. The van der Waals surface area contributed by atoms with Crippen LogP contribution in [0, 0.1) is 17.2 Å². The van der Waals surface area contributed by atoms with Gasteiger partial charge in [-0.3, -0.25) is 4.79 Å². The Morgan fingerprint density at radius 3 is 2.75 bits per heavy atom. The maximum Gasteiger partial charge on any atom is 0.225 e. The van der Waals surface area contributed by atoms with Crippen molar-refractivity contribution >= 4 is 28.8 Å². The molecule has 8 nitrogen and oxygen atoms in total. The van der Waals surface area contributed by atoms with Crippen molar-refractivity contribution in [2.45, 2.75) is 44.1 Å². The summed E-state index contributed by atoms with van der Waals surface area (Å²) in [7, 11) is 0. The number of aliphatic hydroxyl groups is 1. The van der Waals surface area contributed by atoms with Gasteiger partial charge in [-0.05, 0) is 61.4 Å². The molecule has 1 aliphatic heterocycles. The number of nitrogens with one attached hydrogen (secondary N) is 1. The van der Waals surface area contributed by atoms with E-state index >= 15 is 0 Å². The number of amides is 1. The number of carbonyl (C=O) groups is 1. The fraction of sp³-hybridized carbons (Fsp3) is 0.429. The first-order valence-electron chi connectivity index (χ1n) is 12.8. The van der Waals surface area contributed by atoms with Gasteiger partial charge in [0.15, 0.2) is 0 Å². The number of aliphatic hydroxyl groups excluding tert-OH is 1. The van der Waals surface area contributed by atoms with Gasteiger partial charge in [0.1, 0.15) is 17.5 Å². The van der Waals surface area contributed by atoms with E-state index in [1.54, 1.807) is 6.08 Å². The van der Waals surface area contributed by atoms with E-state index in [1.807, 2.05) is 29.3 Å². The topological polar surface area (TPSA) is 109 Å². The first kappa shape index (κ1) is 22.7. The average molecular weight is 483 g/mol. The van der Waals surface area contributed by atoms with Crippen molar-refractivity contribution in [1.82, 2.24) is 19.9 Å². The zero-order valence-corrected chi connectivity index (χ0v) is 20.3. The van der Waals surface area contributed by atoms with Crippen LogP contribution in [0.5, 0.6) is 0 Å². The maximum atomic E-state index is 12.7. The van der Waals surface area contributed by atoms with E-state index in [4.69, 9.17) is 4.98 Å². The van der Waals surface area contributed by atoms with Crippen molar-refractivity contribution in [2.24, 2.45) is 5.92 Å². The van der Waals surface area contributed by atoms with Gasteiger partial charge in [-0.1, -0.05) is 6.58 Å². The molecule has 36 heavy (non-hydrogen) atoms. The predicted molar refractivity (Wildman–Crippen MR) is 138 cm³/mol. The Balaban J connectivity index is 1.41. The third-order valence-electron chi connectivity index (χ3n) is 7.69. The van der Waals surface area contributed by atoms with Gasteiger partial charge in [-0.2, -0.15) is 5.26 Å². The molecule has 1 amide bonds. The highest BCUT2D eigenvalue weighted by Gasteiger charge is 2.41. The number of fused-ring (bicyclic) bond motifs is 1. The highest BCUT2D eigenvalue weighted by atomic mass is 16.3. The van der Waals surface area contributed by atoms with Crippen LogP contribution in [0.15, 0.2) is 31.0 Å². The Morgan fingerprint density at radius 1 is 1.22 bits per heavy atom. The second kappa shape index (κ2) is 9.07. The SMILES string of the molecule is C=Cc1cc(-c2cc(C#N)c(N3CCN(C(=O)CCO)C(C4CC4)C3)nc2C2CC2)c2cc[nH]c2n1. The second-order valence-corrected chi connectivity index (χ2v) is 10.1. The summed E-state index contributed by atoms with van der Waals surface area (Å²) in [5.74, 6) is 1.61. The van der Waals surface area contributed by atoms with E-state index in [0.29, 0.717) is 37.0 Å². The number of carbonyl (C=O) groups excluding carboxylic acids is 1. The zero-order valence-electron chi connectivity index (χ0n) is 20.3. The Labute approximate surface area is 210 Å². The molecule has 184 valence electrons. The van der Waals surface area contributed by atoms with Crippen LogP contribution in [0.1, 0.15) is 55.0 Å². The number of nitrogens with zero attached hydrogens (tertiary/aromatic N) is 5. The van der Waals surface area contributed by atoms with Gasteiger partial charge in [0.05, 0.1) is 29.6 Å². The summed E-state index contributed by atoms with van der Waals surface area (Å²) in [6.07, 6.45) is 8.21. The number of anilines is 1. The molecule has 8 heteroatoms. The summed E-state index contributed by atoms with van der Waals surface area (Å²) < 4.78 is 0. The van der Waals surface area contributed by atoms with E-state index < -0.39 is 0 Å². The molecule has 0 aromatic carbocycles. The lowest BCUT2D eigenvalue weighted by atomic mass is 9.96. The molecule has 1 atom stereocenters. The van der Waals surface area contributed by atoms with Crippen molar-refractivity contribution in [2.75, 3.05) is 31.1 Å². The Kier molecular flexibility index (Phi) is 5.73. The molecule has 0 bridgehead atoms. The van der Waals surface area contributed by atoms with Crippen molar-refractivity contribution in [3.05, 3.63) is 47.9 Å². The minimum Gasteiger partial charge on any atom is -0.396 e. The largest absolute Gasteiger partial charge is 0.396 e. The Morgan fingerprint density at radius 2 is 2.06 bits per heavy atom. The maximum absolute atomic E-state index is 12.7. The third-order valence-corrected chi connectivity index (χ3v) is 7.69. The van der Waals surface area contributed by atoms with Crippen LogP contribution in [0.3, 0.4) is 0 Å². The molecule has 3 aromatic rings. The number of pyridine rings is 2. The minimum atomic E-state index is -0.125. The zero-order chi connectivity index (χ0) is 24.8. The van der Waals surface area contributed by atoms with Crippen LogP contribution in [-0.4, -0.2) is 63.1 Å². The Hall–Kier alpha value is -3.70. The molecule has 3 aromatic heterocycles. The van der Waals surface area contributed by atoms with Crippen LogP contribution in [0.2, 0.25) is 0 Å². The van der Waals surface area contributed by atoms with Crippen molar-refractivity contribution < 1.29 is 9.90 Å². The van der Waals surface area contributed by atoms with Crippen LogP contribution < -0.4 is 4.90 Å². The molecule has 0 spiro atoms. The lowest BCUT2D eigenvalue weighted by Gasteiger charge is -2.42. The number of aromatic amines is 1. The molecule has 3 aliphatic rings. The first-order valence-corrected chi connectivity index (χ1v) is 12.8. The fourth-order valence-electron chi connectivity index (χ4n) is 5.55. The standard InChI is InChI=1S/C28H30N6O2/c1-2-20-14-22(21-7-9-30-27(21)31-20)23-13-19(15-29)28(32-26(23)18-5-6-18)33-10-11-34(25(36)8-12-35)24(16-33)17-3-4-17/h2,7,9,13-14,17-18,24,35H,1,3-6,8,10-12,16H2,(H,30,31). The molecule has 6 rings (SSSR count). The molecule has 2 saturated carbocycles.